The largest absolute Gasteiger partial charge is 0.481 e. The predicted molar refractivity (Wildman–Crippen MR) is 83.0 cm³/mol. The Morgan fingerprint density at radius 3 is 2.36 bits per heavy atom. The number of nitrogens with zero attached hydrogens (tertiary/aromatic N) is 1. The van der Waals surface area contributed by atoms with Gasteiger partial charge in [0.25, 0.3) is 5.91 Å². The number of hydrogen-bond acceptors (Lipinski definition) is 3. The summed E-state index contributed by atoms with van der Waals surface area (Å²) in [4.78, 5) is 26.0. The summed E-state index contributed by atoms with van der Waals surface area (Å²) < 4.78 is 5.64. The fraction of sp³-hybridized carbons (Fsp3) is 0.647. The van der Waals surface area contributed by atoms with Crippen LogP contribution in [0.15, 0.2) is 10.5 Å². The summed E-state index contributed by atoms with van der Waals surface area (Å²) in [5, 5.41) is 9.58. The summed E-state index contributed by atoms with van der Waals surface area (Å²) >= 11 is 0. The van der Waals surface area contributed by atoms with E-state index in [-0.39, 0.29) is 24.3 Å². The van der Waals surface area contributed by atoms with Crippen LogP contribution in [0.1, 0.15) is 61.9 Å². The molecule has 1 atom stereocenters. The molecule has 1 unspecified atom stereocenters. The molecule has 1 aromatic rings. The molecule has 122 valence electrons. The molecule has 0 saturated carbocycles. The normalized spacial score (nSPS) is 21.9. The maximum absolute atomic E-state index is 12.7. The van der Waals surface area contributed by atoms with E-state index in [2.05, 4.69) is 0 Å². The van der Waals surface area contributed by atoms with E-state index in [0.717, 1.165) is 5.76 Å². The van der Waals surface area contributed by atoms with Gasteiger partial charge in [0.1, 0.15) is 11.5 Å². The van der Waals surface area contributed by atoms with Crippen LogP contribution in [0.25, 0.3) is 0 Å². The molecule has 1 saturated heterocycles. The first-order valence-corrected chi connectivity index (χ1v) is 7.82. The van der Waals surface area contributed by atoms with Crippen molar-refractivity contribution in [1.29, 1.82) is 0 Å². The molecule has 0 radical (unpaired) electrons. The van der Waals surface area contributed by atoms with Gasteiger partial charge < -0.3 is 14.4 Å². The topological polar surface area (TPSA) is 70.8 Å². The third kappa shape index (κ3) is 2.64. The fourth-order valence-electron chi connectivity index (χ4n) is 3.07. The molecule has 22 heavy (non-hydrogen) atoms. The Morgan fingerprint density at radius 1 is 1.32 bits per heavy atom. The Labute approximate surface area is 131 Å². The summed E-state index contributed by atoms with van der Waals surface area (Å²) in [7, 11) is 0. The molecule has 0 aromatic carbocycles. The lowest BCUT2D eigenvalue weighted by molar-refractivity contribution is -0.150. The Kier molecular flexibility index (Phi) is 4.36. The standard InChI is InChI=1S/C17H25NO4/c1-10(2)14-8-13(12(5)22-14)15(19)18-7-6-17(9-18,11(3)4)16(20)21/h8,10-11H,6-7,9H2,1-5H3,(H,20,21). The van der Waals surface area contributed by atoms with Gasteiger partial charge in [-0.25, -0.2) is 0 Å². The molecule has 2 heterocycles. The fourth-order valence-corrected chi connectivity index (χ4v) is 3.07. The molecule has 1 fully saturated rings. The van der Waals surface area contributed by atoms with Crippen LogP contribution in [0.4, 0.5) is 0 Å². The minimum atomic E-state index is -0.839. The second-order valence-corrected chi connectivity index (χ2v) is 6.87. The van der Waals surface area contributed by atoms with E-state index in [1.807, 2.05) is 27.7 Å². The second kappa shape index (κ2) is 5.78. The average Bonchev–Trinajstić information content (AvgIpc) is 3.02. The Bertz CT molecular complexity index is 587. The molecular weight excluding hydrogens is 282 g/mol. The summed E-state index contributed by atoms with van der Waals surface area (Å²) in [6, 6.07) is 1.79. The Balaban J connectivity index is 2.24. The highest BCUT2D eigenvalue weighted by Gasteiger charge is 2.48. The van der Waals surface area contributed by atoms with Crippen molar-refractivity contribution in [2.75, 3.05) is 13.1 Å². The molecule has 2 rings (SSSR count). The van der Waals surface area contributed by atoms with E-state index in [0.29, 0.717) is 24.3 Å². The number of rotatable bonds is 4. The first-order valence-electron chi connectivity index (χ1n) is 7.82. The first kappa shape index (κ1) is 16.6. The lowest BCUT2D eigenvalue weighted by atomic mass is 9.76. The van der Waals surface area contributed by atoms with Crippen LogP contribution in [-0.4, -0.2) is 35.0 Å². The second-order valence-electron chi connectivity index (χ2n) is 6.87. The smallest absolute Gasteiger partial charge is 0.311 e. The van der Waals surface area contributed by atoms with Gasteiger partial charge in [0.15, 0.2) is 0 Å². The zero-order valence-corrected chi connectivity index (χ0v) is 14.0. The molecular formula is C17H25NO4. The van der Waals surface area contributed by atoms with Gasteiger partial charge in [0.2, 0.25) is 0 Å². The van der Waals surface area contributed by atoms with Gasteiger partial charge >= 0.3 is 5.97 Å². The van der Waals surface area contributed by atoms with Crippen molar-refractivity contribution in [2.45, 2.75) is 47.0 Å². The minimum Gasteiger partial charge on any atom is -0.481 e. The third-order valence-electron chi connectivity index (χ3n) is 4.86. The van der Waals surface area contributed by atoms with Crippen LogP contribution in [-0.2, 0) is 4.79 Å². The number of carboxylic acids is 1. The van der Waals surface area contributed by atoms with Gasteiger partial charge in [-0.1, -0.05) is 27.7 Å². The number of carbonyl (C=O) groups excluding carboxylic acids is 1. The highest BCUT2D eigenvalue weighted by Crippen LogP contribution is 2.39. The van der Waals surface area contributed by atoms with Crippen LogP contribution in [0.3, 0.4) is 0 Å². The monoisotopic (exact) mass is 307 g/mol. The highest BCUT2D eigenvalue weighted by molar-refractivity contribution is 5.96. The Hall–Kier alpha value is -1.78. The average molecular weight is 307 g/mol. The summed E-state index contributed by atoms with van der Waals surface area (Å²) in [6.07, 6.45) is 0.500. The van der Waals surface area contributed by atoms with E-state index in [9.17, 15) is 14.7 Å². The van der Waals surface area contributed by atoms with Crippen LogP contribution in [0.5, 0.6) is 0 Å². The number of carboxylic acid groups (broad SMARTS) is 1. The summed E-state index contributed by atoms with van der Waals surface area (Å²) in [5.74, 6) is 0.646. The van der Waals surface area contributed by atoms with E-state index < -0.39 is 11.4 Å². The van der Waals surface area contributed by atoms with Crippen molar-refractivity contribution in [2.24, 2.45) is 11.3 Å². The molecule has 0 bridgehead atoms. The maximum Gasteiger partial charge on any atom is 0.311 e. The van der Waals surface area contributed by atoms with Crippen molar-refractivity contribution in [1.82, 2.24) is 4.90 Å². The maximum atomic E-state index is 12.7. The third-order valence-corrected chi connectivity index (χ3v) is 4.86. The summed E-state index contributed by atoms with van der Waals surface area (Å²) in [5.41, 5.74) is -0.289. The molecule has 1 aliphatic heterocycles. The molecule has 1 aromatic heterocycles. The number of aryl methyl sites for hydroxylation is 1. The van der Waals surface area contributed by atoms with E-state index >= 15 is 0 Å². The van der Waals surface area contributed by atoms with E-state index in [4.69, 9.17) is 4.42 Å². The molecule has 5 heteroatoms. The van der Waals surface area contributed by atoms with Gasteiger partial charge in [-0.3, -0.25) is 9.59 Å². The van der Waals surface area contributed by atoms with Gasteiger partial charge in [-0.05, 0) is 25.3 Å². The first-order chi connectivity index (χ1) is 10.2. The van der Waals surface area contributed by atoms with Gasteiger partial charge in [-0.2, -0.15) is 0 Å². The number of amides is 1. The number of carbonyl (C=O) groups is 2. The Morgan fingerprint density at radius 2 is 1.95 bits per heavy atom. The zero-order valence-electron chi connectivity index (χ0n) is 14.0. The quantitative estimate of drug-likeness (QED) is 0.926. The molecule has 5 nitrogen and oxygen atoms in total. The van der Waals surface area contributed by atoms with Crippen LogP contribution >= 0.6 is 0 Å². The molecule has 0 aliphatic carbocycles. The SMILES string of the molecule is Cc1oc(C(C)C)cc1C(=O)N1CCC(C(=O)O)(C(C)C)C1. The van der Waals surface area contributed by atoms with Crippen molar-refractivity contribution in [3.8, 4) is 0 Å². The number of likely N-dealkylation sites (tertiary alicyclic amines) is 1. The van der Waals surface area contributed by atoms with Crippen LogP contribution in [0, 0.1) is 18.3 Å². The number of hydrogen-bond donors (Lipinski definition) is 1. The van der Waals surface area contributed by atoms with Crippen molar-refractivity contribution in [3.63, 3.8) is 0 Å². The van der Waals surface area contributed by atoms with Gasteiger partial charge in [-0.15, -0.1) is 0 Å². The van der Waals surface area contributed by atoms with E-state index in [1.165, 1.54) is 0 Å². The van der Waals surface area contributed by atoms with Crippen molar-refractivity contribution < 1.29 is 19.1 Å². The van der Waals surface area contributed by atoms with E-state index in [1.54, 1.807) is 17.9 Å². The minimum absolute atomic E-state index is 0.0144. The lowest BCUT2D eigenvalue weighted by Gasteiger charge is -2.28. The lowest BCUT2D eigenvalue weighted by Crippen LogP contribution is -2.40. The van der Waals surface area contributed by atoms with Crippen molar-refractivity contribution in [3.05, 3.63) is 23.2 Å². The van der Waals surface area contributed by atoms with Crippen LogP contribution in [0.2, 0.25) is 0 Å². The number of furan rings is 1. The highest BCUT2D eigenvalue weighted by atomic mass is 16.4. The molecule has 1 amide bonds. The van der Waals surface area contributed by atoms with Gasteiger partial charge in [0, 0.05) is 19.0 Å². The zero-order chi connectivity index (χ0) is 16.7. The van der Waals surface area contributed by atoms with Crippen LogP contribution < -0.4 is 0 Å². The molecule has 1 aliphatic rings. The number of aliphatic carboxylic acids is 1. The summed E-state index contributed by atoms with van der Waals surface area (Å²) in [6.45, 7) is 10.4. The molecule has 0 spiro atoms. The molecule has 1 N–H and O–H groups in total. The van der Waals surface area contributed by atoms with Gasteiger partial charge in [0.05, 0.1) is 11.0 Å². The van der Waals surface area contributed by atoms with Crippen molar-refractivity contribution >= 4 is 11.9 Å². The predicted octanol–water partition coefficient (Wildman–Crippen LogP) is 3.28.